The van der Waals surface area contributed by atoms with E-state index in [-0.39, 0.29) is 18.2 Å². The zero-order chi connectivity index (χ0) is 30.9. The highest BCUT2D eigenvalue weighted by Crippen LogP contribution is 2.26. The Kier molecular flexibility index (Phi) is 9.61. The Morgan fingerprint density at radius 2 is 1.61 bits per heavy atom. The van der Waals surface area contributed by atoms with Crippen LogP contribution in [0.1, 0.15) is 41.8 Å². The number of pyridine rings is 1. The summed E-state index contributed by atoms with van der Waals surface area (Å²) in [6, 6.07) is 31.7. The van der Waals surface area contributed by atoms with Crippen LogP contribution in [0.3, 0.4) is 0 Å². The third kappa shape index (κ3) is 7.46. The minimum Gasteiger partial charge on any atom is -0.497 e. The van der Waals surface area contributed by atoms with E-state index in [0.29, 0.717) is 34.8 Å². The smallest absolute Gasteiger partial charge is 0.272 e. The predicted octanol–water partition coefficient (Wildman–Crippen LogP) is 7.03. The second kappa shape index (κ2) is 14.1. The van der Waals surface area contributed by atoms with E-state index in [1.165, 1.54) is 0 Å². The van der Waals surface area contributed by atoms with Crippen LogP contribution in [0.25, 0.3) is 22.2 Å². The van der Waals surface area contributed by atoms with Crippen LogP contribution in [0.4, 0.5) is 5.69 Å². The van der Waals surface area contributed by atoms with E-state index in [2.05, 4.69) is 22.8 Å². The summed E-state index contributed by atoms with van der Waals surface area (Å²) >= 11 is 0. The summed E-state index contributed by atoms with van der Waals surface area (Å²) in [6.07, 6.45) is 1.16. The molecule has 222 valence electrons. The van der Waals surface area contributed by atoms with Crippen molar-refractivity contribution >= 4 is 34.1 Å². The maximum atomic E-state index is 13.4. The van der Waals surface area contributed by atoms with Gasteiger partial charge in [0.05, 0.1) is 42.6 Å². The molecule has 4 aromatic carbocycles. The van der Waals surface area contributed by atoms with Crippen LogP contribution >= 0.6 is 0 Å². The van der Waals surface area contributed by atoms with Crippen molar-refractivity contribution in [3.05, 3.63) is 120 Å². The summed E-state index contributed by atoms with van der Waals surface area (Å²) in [4.78, 5) is 30.9. The molecule has 5 aromatic rings. The van der Waals surface area contributed by atoms with Crippen LogP contribution in [-0.4, -0.2) is 36.2 Å². The number of anilines is 1. The number of hydrazone groups is 1. The number of fused-ring (bicyclic) bond motifs is 1. The minimum absolute atomic E-state index is 0.140. The Balaban J connectivity index is 1.30. The van der Waals surface area contributed by atoms with Gasteiger partial charge in [-0.3, -0.25) is 9.59 Å². The van der Waals surface area contributed by atoms with Gasteiger partial charge in [-0.15, -0.1) is 0 Å². The molecular weight excluding hydrogens is 552 g/mol. The maximum absolute atomic E-state index is 13.4. The first-order valence-corrected chi connectivity index (χ1v) is 14.4. The Bertz CT molecular complexity index is 1800. The van der Waals surface area contributed by atoms with Crippen LogP contribution in [0.2, 0.25) is 0 Å². The number of ether oxygens (including phenoxy) is 2. The quantitative estimate of drug-likeness (QED) is 0.128. The fourth-order valence-corrected chi connectivity index (χ4v) is 4.67. The number of nitrogens with one attached hydrogen (secondary N) is 2. The number of amides is 2. The summed E-state index contributed by atoms with van der Waals surface area (Å²) in [5.74, 6) is 1.04. The monoisotopic (exact) mass is 586 g/mol. The van der Waals surface area contributed by atoms with Crippen molar-refractivity contribution < 1.29 is 19.1 Å². The van der Waals surface area contributed by atoms with Crippen molar-refractivity contribution in [2.45, 2.75) is 26.7 Å². The molecule has 0 spiro atoms. The molecule has 0 aliphatic heterocycles. The second-order valence-electron chi connectivity index (χ2n) is 10.2. The van der Waals surface area contributed by atoms with Crippen molar-refractivity contribution in [3.63, 3.8) is 0 Å². The lowest BCUT2D eigenvalue weighted by atomic mass is 10.0. The van der Waals surface area contributed by atoms with Crippen LogP contribution in [-0.2, 0) is 11.2 Å². The molecule has 8 nitrogen and oxygen atoms in total. The van der Waals surface area contributed by atoms with Gasteiger partial charge in [-0.05, 0) is 85.1 Å². The van der Waals surface area contributed by atoms with Gasteiger partial charge in [-0.2, -0.15) is 5.10 Å². The summed E-state index contributed by atoms with van der Waals surface area (Å²) < 4.78 is 10.9. The number of carbonyl (C=O) groups is 2. The van der Waals surface area contributed by atoms with Crippen LogP contribution < -0.4 is 20.2 Å². The summed E-state index contributed by atoms with van der Waals surface area (Å²) in [5, 5.41) is 8.04. The molecule has 0 saturated carbocycles. The fourth-order valence-electron chi connectivity index (χ4n) is 4.67. The average Bonchev–Trinajstić information content (AvgIpc) is 3.06. The van der Waals surface area contributed by atoms with Gasteiger partial charge in [-0.1, -0.05) is 49.4 Å². The molecule has 0 radical (unpaired) electrons. The summed E-state index contributed by atoms with van der Waals surface area (Å²) in [5.41, 5.74) is 8.30. The van der Waals surface area contributed by atoms with E-state index in [1.807, 2.05) is 97.1 Å². The Morgan fingerprint density at radius 1 is 0.864 bits per heavy atom. The molecule has 5 rings (SSSR count). The molecule has 0 fully saturated rings. The topological polar surface area (TPSA) is 102 Å². The lowest BCUT2D eigenvalue weighted by molar-refractivity contribution is -0.115. The third-order valence-corrected chi connectivity index (χ3v) is 7.00. The minimum atomic E-state index is -0.351. The van der Waals surface area contributed by atoms with E-state index in [1.54, 1.807) is 20.1 Å². The molecule has 2 amide bonds. The van der Waals surface area contributed by atoms with Gasteiger partial charge in [0.1, 0.15) is 11.5 Å². The van der Waals surface area contributed by atoms with E-state index in [4.69, 9.17) is 14.5 Å². The van der Waals surface area contributed by atoms with Crippen molar-refractivity contribution in [1.29, 1.82) is 0 Å². The largest absolute Gasteiger partial charge is 0.497 e. The Labute approximate surface area is 256 Å². The van der Waals surface area contributed by atoms with Crippen molar-refractivity contribution in [2.75, 3.05) is 19.0 Å². The number of aromatic nitrogens is 1. The number of carbonyl (C=O) groups excluding carboxylic acids is 2. The molecule has 0 aliphatic carbocycles. The molecule has 0 bridgehead atoms. The Hall–Kier alpha value is -5.50. The van der Waals surface area contributed by atoms with Crippen LogP contribution in [0.5, 0.6) is 11.5 Å². The molecule has 0 unspecified atom stereocenters. The van der Waals surface area contributed by atoms with E-state index < -0.39 is 0 Å². The lowest BCUT2D eigenvalue weighted by Crippen LogP contribution is -2.20. The molecule has 0 atom stereocenters. The molecule has 1 aromatic heterocycles. The molecule has 0 saturated heterocycles. The standard InChI is InChI=1S/C36H34N4O4/c1-4-20-44-30-18-14-26(15-19-30)34-23-32(31-10-5-6-11-33(31)38-34)36(42)40-39-24(2)27-8-7-9-28(22-27)37-35(41)21-25-12-16-29(43-3)17-13-25/h5-19,22-23H,4,20-21H2,1-3H3,(H,37,41)(H,40,42)/b39-24+. The van der Waals surface area contributed by atoms with Crippen LogP contribution in [0.15, 0.2) is 108 Å². The first kappa shape index (κ1) is 30.0. The van der Waals surface area contributed by atoms with Gasteiger partial charge in [0, 0.05) is 16.6 Å². The van der Waals surface area contributed by atoms with Crippen molar-refractivity contribution in [2.24, 2.45) is 5.10 Å². The molecule has 1 heterocycles. The lowest BCUT2D eigenvalue weighted by Gasteiger charge is -2.11. The SMILES string of the molecule is CCCOc1ccc(-c2cc(C(=O)N/N=C(\C)c3cccc(NC(=O)Cc4ccc(OC)cc4)c3)c3ccccc3n2)cc1. The summed E-state index contributed by atoms with van der Waals surface area (Å²) in [7, 11) is 1.61. The Morgan fingerprint density at radius 3 is 2.36 bits per heavy atom. The molecule has 44 heavy (non-hydrogen) atoms. The zero-order valence-corrected chi connectivity index (χ0v) is 25.0. The first-order valence-electron chi connectivity index (χ1n) is 14.4. The normalized spacial score (nSPS) is 11.2. The molecule has 8 heteroatoms. The van der Waals surface area contributed by atoms with Gasteiger partial charge in [-0.25, -0.2) is 10.4 Å². The highest BCUT2D eigenvalue weighted by atomic mass is 16.5. The van der Waals surface area contributed by atoms with E-state index in [0.717, 1.165) is 40.0 Å². The highest BCUT2D eigenvalue weighted by molar-refractivity contribution is 6.08. The van der Waals surface area contributed by atoms with E-state index >= 15 is 0 Å². The van der Waals surface area contributed by atoms with Gasteiger partial charge in [0.2, 0.25) is 5.91 Å². The molecule has 2 N–H and O–H groups in total. The maximum Gasteiger partial charge on any atom is 0.272 e. The molecular formula is C36H34N4O4. The van der Waals surface area contributed by atoms with Crippen LogP contribution in [0, 0.1) is 0 Å². The predicted molar refractivity (Wildman–Crippen MR) is 174 cm³/mol. The number of hydrogen-bond acceptors (Lipinski definition) is 6. The van der Waals surface area contributed by atoms with Crippen molar-refractivity contribution in [1.82, 2.24) is 10.4 Å². The molecule has 0 aliphatic rings. The number of nitrogens with zero attached hydrogens (tertiary/aromatic N) is 2. The highest BCUT2D eigenvalue weighted by Gasteiger charge is 2.14. The average molecular weight is 587 g/mol. The second-order valence-corrected chi connectivity index (χ2v) is 10.2. The number of para-hydroxylation sites is 1. The summed E-state index contributed by atoms with van der Waals surface area (Å²) in [6.45, 7) is 4.52. The van der Waals surface area contributed by atoms with Gasteiger partial charge >= 0.3 is 0 Å². The first-order chi connectivity index (χ1) is 21.4. The zero-order valence-electron chi connectivity index (χ0n) is 25.0. The van der Waals surface area contributed by atoms with Gasteiger partial charge in [0.15, 0.2) is 0 Å². The number of hydrogen-bond donors (Lipinski definition) is 2. The van der Waals surface area contributed by atoms with Gasteiger partial charge in [0.25, 0.3) is 5.91 Å². The van der Waals surface area contributed by atoms with E-state index in [9.17, 15) is 9.59 Å². The van der Waals surface area contributed by atoms with Crippen molar-refractivity contribution in [3.8, 4) is 22.8 Å². The number of benzene rings is 4. The fraction of sp³-hybridized carbons (Fsp3) is 0.167. The number of methoxy groups -OCH3 is 1. The number of rotatable bonds is 11. The third-order valence-electron chi connectivity index (χ3n) is 7.00. The van der Waals surface area contributed by atoms with Gasteiger partial charge < -0.3 is 14.8 Å².